The zero-order chi connectivity index (χ0) is 29.4. The van der Waals surface area contributed by atoms with Crippen LogP contribution in [0.25, 0.3) is 10.9 Å². The molecular formula is C27H38F3N5O4S. The Hall–Kier alpha value is -2.67. The molecule has 1 saturated heterocycles. The third-order valence-corrected chi connectivity index (χ3v) is 10.6. The Morgan fingerprint density at radius 2 is 1.88 bits per heavy atom. The summed E-state index contributed by atoms with van der Waals surface area (Å²) in [4.78, 5) is 26.0. The molecule has 9 nitrogen and oxygen atoms in total. The Morgan fingerprint density at radius 3 is 2.52 bits per heavy atom. The van der Waals surface area contributed by atoms with E-state index in [0.29, 0.717) is 42.8 Å². The number of rotatable bonds is 9. The first-order chi connectivity index (χ1) is 18.7. The van der Waals surface area contributed by atoms with Crippen molar-refractivity contribution in [3.8, 4) is 5.75 Å². The largest absolute Gasteiger partial charge is 0.573 e. The molecule has 13 heteroatoms. The van der Waals surface area contributed by atoms with Crippen LogP contribution >= 0.6 is 0 Å². The van der Waals surface area contributed by atoms with Gasteiger partial charge in [0.15, 0.2) is 9.84 Å². The van der Waals surface area contributed by atoms with Crippen LogP contribution in [0, 0.1) is 5.92 Å². The Morgan fingerprint density at radius 1 is 1.15 bits per heavy atom. The third-order valence-electron chi connectivity index (χ3n) is 8.26. The summed E-state index contributed by atoms with van der Waals surface area (Å²) in [6.45, 7) is 8.05. The topological polar surface area (TPSA) is 105 Å². The maximum absolute atomic E-state index is 13.7. The second kappa shape index (κ2) is 11.7. The Labute approximate surface area is 233 Å². The lowest BCUT2D eigenvalue weighted by atomic mass is 9.81. The Balaban J connectivity index is 1.54. The zero-order valence-corrected chi connectivity index (χ0v) is 24.3. The summed E-state index contributed by atoms with van der Waals surface area (Å²) in [6.07, 6.45) is -0.859. The van der Waals surface area contributed by atoms with E-state index in [1.807, 2.05) is 0 Å². The lowest BCUT2D eigenvalue weighted by Crippen LogP contribution is -2.52. The van der Waals surface area contributed by atoms with Crippen LogP contribution in [0.2, 0.25) is 0 Å². The maximum Gasteiger partial charge on any atom is 0.573 e. The van der Waals surface area contributed by atoms with Gasteiger partial charge in [-0.1, -0.05) is 0 Å². The first-order valence-electron chi connectivity index (χ1n) is 13.7. The molecule has 222 valence electrons. The average molecular weight is 586 g/mol. The van der Waals surface area contributed by atoms with Crippen LogP contribution in [0.4, 0.5) is 19.0 Å². The standard InChI is InChI=1S/C27H38F3N5O4S/c1-16(2)34(5)19-6-9-24(18(12-19)14-40(37,38)17(3)4)35-11-10-23(26(35)36)33-25-21-13-20(39-27(28,29)30)7-8-22(21)31-15-32-25/h7-8,13,15-19,23-24H,6,9-12,14H2,1-5H3,(H,31,32,33)/t18-,19+,23?,24-/m0/s1. The molecular weight excluding hydrogens is 547 g/mol. The third kappa shape index (κ3) is 6.79. The van der Waals surface area contributed by atoms with Crippen LogP contribution < -0.4 is 10.1 Å². The molecule has 1 saturated carbocycles. The minimum absolute atomic E-state index is 0.0260. The summed E-state index contributed by atoms with van der Waals surface area (Å²) < 4.78 is 68.3. The number of anilines is 1. The first-order valence-corrected chi connectivity index (χ1v) is 15.4. The molecule has 2 heterocycles. The highest BCUT2D eigenvalue weighted by Crippen LogP contribution is 2.36. The van der Waals surface area contributed by atoms with E-state index in [1.54, 1.807) is 18.7 Å². The van der Waals surface area contributed by atoms with Crippen molar-refractivity contribution >= 4 is 32.5 Å². The van der Waals surface area contributed by atoms with Gasteiger partial charge in [0.05, 0.1) is 16.5 Å². The Bertz CT molecular complexity index is 1320. The van der Waals surface area contributed by atoms with Crippen LogP contribution in [0.1, 0.15) is 53.4 Å². The number of carbonyl (C=O) groups is 1. The van der Waals surface area contributed by atoms with E-state index in [0.717, 1.165) is 6.42 Å². The summed E-state index contributed by atoms with van der Waals surface area (Å²) in [5.74, 6) is -0.509. The highest BCUT2D eigenvalue weighted by atomic mass is 32.2. The summed E-state index contributed by atoms with van der Waals surface area (Å²) in [5.41, 5.74) is 0.404. The number of alkyl halides is 3. The molecule has 2 aliphatic rings. The average Bonchev–Trinajstić information content (AvgIpc) is 3.22. The van der Waals surface area contributed by atoms with Crippen molar-refractivity contribution < 1.29 is 31.1 Å². The Kier molecular flexibility index (Phi) is 8.84. The van der Waals surface area contributed by atoms with Crippen molar-refractivity contribution in [2.45, 2.75) is 89.2 Å². The summed E-state index contributed by atoms with van der Waals surface area (Å²) in [7, 11) is -1.27. The molecule has 1 unspecified atom stereocenters. The molecule has 1 amide bonds. The molecule has 0 spiro atoms. The van der Waals surface area contributed by atoms with Crippen LogP contribution in [0.3, 0.4) is 0 Å². The van der Waals surface area contributed by atoms with Gasteiger partial charge in [-0.05, 0) is 84.5 Å². The van der Waals surface area contributed by atoms with Gasteiger partial charge in [-0.3, -0.25) is 4.79 Å². The molecule has 1 aliphatic carbocycles. The van der Waals surface area contributed by atoms with Gasteiger partial charge >= 0.3 is 6.36 Å². The van der Waals surface area contributed by atoms with Gasteiger partial charge in [-0.2, -0.15) is 0 Å². The predicted molar refractivity (Wildman–Crippen MR) is 147 cm³/mol. The molecule has 2 aromatic rings. The SMILES string of the molecule is CC(C)N(C)[C@@H]1CC[C@H](N2CCC(Nc3ncnc4ccc(OC(F)(F)F)cc34)C2=O)[C@H](CS(=O)(=O)C(C)C)C1. The van der Waals surface area contributed by atoms with E-state index >= 15 is 0 Å². The first kappa shape index (κ1) is 30.3. The highest BCUT2D eigenvalue weighted by molar-refractivity contribution is 7.91. The minimum atomic E-state index is -4.85. The van der Waals surface area contributed by atoms with E-state index in [4.69, 9.17) is 0 Å². The summed E-state index contributed by atoms with van der Waals surface area (Å²) in [6, 6.07) is 3.46. The molecule has 1 aromatic carbocycles. The van der Waals surface area contributed by atoms with E-state index in [2.05, 4.69) is 45.8 Å². The van der Waals surface area contributed by atoms with Gasteiger partial charge in [0, 0.05) is 30.1 Å². The van der Waals surface area contributed by atoms with Crippen LogP contribution in [0.5, 0.6) is 5.75 Å². The number of likely N-dealkylation sites (tertiary alicyclic amines) is 1. The van der Waals surface area contributed by atoms with Crippen molar-refractivity contribution in [3.63, 3.8) is 0 Å². The van der Waals surface area contributed by atoms with Gasteiger partial charge in [-0.25, -0.2) is 18.4 Å². The smallest absolute Gasteiger partial charge is 0.406 e. The lowest BCUT2D eigenvalue weighted by molar-refractivity contribution is -0.274. The molecule has 4 atom stereocenters. The van der Waals surface area contributed by atoms with E-state index in [1.165, 1.54) is 24.5 Å². The number of benzene rings is 1. The van der Waals surface area contributed by atoms with Gasteiger partial charge < -0.3 is 19.9 Å². The fourth-order valence-electron chi connectivity index (χ4n) is 5.77. The summed E-state index contributed by atoms with van der Waals surface area (Å²) in [5, 5.41) is 2.91. The van der Waals surface area contributed by atoms with E-state index in [9.17, 15) is 26.4 Å². The van der Waals surface area contributed by atoms with Crippen LogP contribution in [-0.2, 0) is 14.6 Å². The lowest BCUT2D eigenvalue weighted by Gasteiger charge is -2.44. The second-order valence-electron chi connectivity index (χ2n) is 11.4. The highest BCUT2D eigenvalue weighted by Gasteiger charge is 2.44. The number of nitrogens with zero attached hydrogens (tertiary/aromatic N) is 4. The van der Waals surface area contributed by atoms with Crippen LogP contribution in [-0.4, -0.2) is 89.2 Å². The number of fused-ring (bicyclic) bond motifs is 1. The molecule has 1 aromatic heterocycles. The van der Waals surface area contributed by atoms with Gasteiger partial charge in [-0.15, -0.1) is 13.2 Å². The number of ether oxygens (including phenoxy) is 1. The van der Waals surface area contributed by atoms with Crippen molar-refractivity contribution in [1.29, 1.82) is 0 Å². The van der Waals surface area contributed by atoms with Gasteiger partial charge in [0.25, 0.3) is 0 Å². The molecule has 2 fully saturated rings. The van der Waals surface area contributed by atoms with Crippen molar-refractivity contribution in [2.24, 2.45) is 5.92 Å². The number of carbonyl (C=O) groups excluding carboxylic acids is 1. The monoisotopic (exact) mass is 585 g/mol. The second-order valence-corrected chi connectivity index (χ2v) is 14.0. The van der Waals surface area contributed by atoms with E-state index < -0.39 is 33.2 Å². The van der Waals surface area contributed by atoms with Crippen molar-refractivity contribution in [1.82, 2.24) is 19.8 Å². The van der Waals surface area contributed by atoms with Crippen molar-refractivity contribution in [2.75, 3.05) is 24.7 Å². The number of hydrogen-bond donors (Lipinski definition) is 1. The quantitative estimate of drug-likeness (QED) is 0.466. The number of halogens is 3. The fraction of sp³-hybridized carbons (Fsp3) is 0.667. The zero-order valence-electron chi connectivity index (χ0n) is 23.5. The molecule has 0 radical (unpaired) electrons. The number of nitrogens with one attached hydrogen (secondary N) is 1. The number of aromatic nitrogens is 2. The molecule has 1 N–H and O–H groups in total. The molecule has 1 aliphatic heterocycles. The van der Waals surface area contributed by atoms with Gasteiger partial charge in [0.1, 0.15) is 23.9 Å². The number of hydrogen-bond acceptors (Lipinski definition) is 8. The fourth-order valence-corrected chi connectivity index (χ4v) is 7.11. The van der Waals surface area contributed by atoms with E-state index in [-0.39, 0.29) is 35.5 Å². The maximum atomic E-state index is 13.7. The molecule has 40 heavy (non-hydrogen) atoms. The minimum Gasteiger partial charge on any atom is -0.406 e. The van der Waals surface area contributed by atoms with Gasteiger partial charge in [0.2, 0.25) is 5.91 Å². The normalized spacial score (nSPS) is 24.5. The predicted octanol–water partition coefficient (Wildman–Crippen LogP) is 4.24. The number of amides is 1. The molecule has 0 bridgehead atoms. The molecule has 4 rings (SSSR count). The van der Waals surface area contributed by atoms with Crippen molar-refractivity contribution in [3.05, 3.63) is 24.5 Å². The number of sulfone groups is 1. The summed E-state index contributed by atoms with van der Waals surface area (Å²) >= 11 is 0. The van der Waals surface area contributed by atoms with Crippen LogP contribution in [0.15, 0.2) is 24.5 Å².